The lowest BCUT2D eigenvalue weighted by Gasteiger charge is -2.06. The Bertz CT molecular complexity index is 800. The highest BCUT2D eigenvalue weighted by Gasteiger charge is 2.07. The van der Waals surface area contributed by atoms with E-state index in [1.807, 2.05) is 43.5 Å². The lowest BCUT2D eigenvalue weighted by atomic mass is 10.2. The minimum absolute atomic E-state index is 0.443. The lowest BCUT2D eigenvalue weighted by molar-refractivity contribution is 0.181. The molecule has 3 rings (SSSR count). The second-order valence-electron chi connectivity index (χ2n) is 5.17. The molecule has 0 aliphatic heterocycles. The van der Waals surface area contributed by atoms with E-state index in [0.717, 1.165) is 22.6 Å². The fourth-order valence-corrected chi connectivity index (χ4v) is 2.36. The maximum absolute atomic E-state index is 5.93. The number of rotatable bonds is 5. The summed E-state index contributed by atoms with van der Waals surface area (Å²) in [5.74, 6) is 0.675. The summed E-state index contributed by atoms with van der Waals surface area (Å²) in [5, 5.41) is 8.82. The summed E-state index contributed by atoms with van der Waals surface area (Å²) < 4.78 is 6.78. The highest BCUT2D eigenvalue weighted by atomic mass is 35.5. The number of halogens is 1. The van der Waals surface area contributed by atoms with E-state index in [0.29, 0.717) is 24.0 Å². The van der Waals surface area contributed by atoms with Gasteiger partial charge in [0.1, 0.15) is 5.69 Å². The first kappa shape index (κ1) is 15.6. The molecule has 0 spiro atoms. The molecule has 1 aromatic carbocycles. The summed E-state index contributed by atoms with van der Waals surface area (Å²) in [4.78, 5) is 9.10. The van der Waals surface area contributed by atoms with Crippen molar-refractivity contribution in [1.29, 1.82) is 0 Å². The Morgan fingerprint density at radius 3 is 2.65 bits per heavy atom. The van der Waals surface area contributed by atoms with Gasteiger partial charge in [0, 0.05) is 23.4 Å². The molecule has 6 nitrogen and oxygen atoms in total. The molecule has 0 saturated heterocycles. The molecule has 0 N–H and O–H groups in total. The van der Waals surface area contributed by atoms with Crippen LogP contribution in [-0.4, -0.2) is 32.1 Å². The first-order chi connectivity index (χ1) is 11.1. The number of nitrogens with zero attached hydrogens (tertiary/aromatic N) is 5. The van der Waals surface area contributed by atoms with Gasteiger partial charge in [0.25, 0.3) is 0 Å². The normalized spacial score (nSPS) is 10.9. The predicted octanol–water partition coefficient (Wildman–Crippen LogP) is 2.89. The van der Waals surface area contributed by atoms with Crippen molar-refractivity contribution in [3.05, 3.63) is 58.6 Å². The SMILES string of the molecule is COCc1cn(Cc2cc(C)nc(-c3ccc(Cl)cc3)n2)nn1. The smallest absolute Gasteiger partial charge is 0.159 e. The van der Waals surface area contributed by atoms with Crippen LogP contribution in [0.5, 0.6) is 0 Å². The first-order valence-corrected chi connectivity index (χ1v) is 7.50. The largest absolute Gasteiger partial charge is 0.378 e. The first-order valence-electron chi connectivity index (χ1n) is 7.12. The van der Waals surface area contributed by atoms with Crippen molar-refractivity contribution in [1.82, 2.24) is 25.0 Å². The van der Waals surface area contributed by atoms with Crippen LogP contribution in [-0.2, 0) is 17.9 Å². The molecule has 0 radical (unpaired) electrons. The van der Waals surface area contributed by atoms with E-state index in [-0.39, 0.29) is 0 Å². The summed E-state index contributed by atoms with van der Waals surface area (Å²) in [7, 11) is 1.63. The highest BCUT2D eigenvalue weighted by molar-refractivity contribution is 6.30. The molecule has 0 atom stereocenters. The van der Waals surface area contributed by atoms with Gasteiger partial charge in [0.15, 0.2) is 5.82 Å². The molecule has 0 fully saturated rings. The third-order valence-electron chi connectivity index (χ3n) is 3.21. The Balaban J connectivity index is 1.86. The van der Waals surface area contributed by atoms with Crippen LogP contribution in [0, 0.1) is 6.92 Å². The van der Waals surface area contributed by atoms with E-state index >= 15 is 0 Å². The molecule has 2 heterocycles. The van der Waals surface area contributed by atoms with E-state index < -0.39 is 0 Å². The van der Waals surface area contributed by atoms with Crippen LogP contribution in [0.25, 0.3) is 11.4 Å². The second kappa shape index (κ2) is 6.85. The van der Waals surface area contributed by atoms with Crippen molar-refractivity contribution in [3.63, 3.8) is 0 Å². The van der Waals surface area contributed by atoms with Gasteiger partial charge in [0.2, 0.25) is 0 Å². The summed E-state index contributed by atoms with van der Waals surface area (Å²) >= 11 is 5.93. The minimum Gasteiger partial charge on any atom is -0.378 e. The molecule has 0 bridgehead atoms. The summed E-state index contributed by atoms with van der Waals surface area (Å²) in [6.07, 6.45) is 1.85. The van der Waals surface area contributed by atoms with E-state index in [2.05, 4.69) is 20.3 Å². The van der Waals surface area contributed by atoms with Gasteiger partial charge in [-0.25, -0.2) is 14.6 Å². The van der Waals surface area contributed by atoms with Gasteiger partial charge in [-0.05, 0) is 37.3 Å². The zero-order valence-electron chi connectivity index (χ0n) is 12.9. The molecule has 0 unspecified atom stereocenters. The molecular formula is C16H16ClN5O. The van der Waals surface area contributed by atoms with Crippen molar-refractivity contribution < 1.29 is 4.74 Å². The zero-order valence-corrected chi connectivity index (χ0v) is 13.7. The summed E-state index contributed by atoms with van der Waals surface area (Å²) in [6.45, 7) is 2.92. The maximum atomic E-state index is 5.93. The molecule has 0 saturated carbocycles. The average molecular weight is 330 g/mol. The molecule has 3 aromatic rings. The second-order valence-corrected chi connectivity index (χ2v) is 5.61. The maximum Gasteiger partial charge on any atom is 0.159 e. The molecule has 0 amide bonds. The van der Waals surface area contributed by atoms with Crippen LogP contribution >= 0.6 is 11.6 Å². The van der Waals surface area contributed by atoms with Gasteiger partial charge in [-0.2, -0.15) is 0 Å². The number of methoxy groups -OCH3 is 1. The molecule has 7 heteroatoms. The topological polar surface area (TPSA) is 65.7 Å². The fourth-order valence-electron chi connectivity index (χ4n) is 2.24. The van der Waals surface area contributed by atoms with Gasteiger partial charge >= 0.3 is 0 Å². The molecule has 118 valence electrons. The Kier molecular flexibility index (Phi) is 4.64. The Morgan fingerprint density at radius 1 is 1.13 bits per heavy atom. The van der Waals surface area contributed by atoms with Crippen LogP contribution in [0.3, 0.4) is 0 Å². The summed E-state index contributed by atoms with van der Waals surface area (Å²) in [6, 6.07) is 9.42. The zero-order chi connectivity index (χ0) is 16.2. The van der Waals surface area contributed by atoms with Crippen molar-refractivity contribution in [2.75, 3.05) is 7.11 Å². The lowest BCUT2D eigenvalue weighted by Crippen LogP contribution is -2.05. The van der Waals surface area contributed by atoms with Crippen LogP contribution < -0.4 is 0 Å². The van der Waals surface area contributed by atoms with Gasteiger partial charge in [-0.3, -0.25) is 0 Å². The number of aromatic nitrogens is 5. The average Bonchev–Trinajstić information content (AvgIpc) is 2.95. The van der Waals surface area contributed by atoms with Gasteiger partial charge in [-0.15, -0.1) is 5.10 Å². The van der Waals surface area contributed by atoms with Crippen LogP contribution in [0.4, 0.5) is 0 Å². The van der Waals surface area contributed by atoms with Gasteiger partial charge < -0.3 is 4.74 Å². The molecule has 0 aliphatic rings. The van der Waals surface area contributed by atoms with E-state index in [1.54, 1.807) is 11.8 Å². The van der Waals surface area contributed by atoms with Crippen molar-refractivity contribution >= 4 is 11.6 Å². The van der Waals surface area contributed by atoms with Crippen molar-refractivity contribution in [2.45, 2.75) is 20.1 Å². The quantitative estimate of drug-likeness (QED) is 0.720. The predicted molar refractivity (Wildman–Crippen MR) is 87.1 cm³/mol. The van der Waals surface area contributed by atoms with Gasteiger partial charge in [-0.1, -0.05) is 16.8 Å². The van der Waals surface area contributed by atoms with Crippen LogP contribution in [0.15, 0.2) is 36.5 Å². The number of benzene rings is 1. The van der Waals surface area contributed by atoms with Crippen molar-refractivity contribution in [2.24, 2.45) is 0 Å². The van der Waals surface area contributed by atoms with Crippen LogP contribution in [0.2, 0.25) is 5.02 Å². The summed E-state index contributed by atoms with van der Waals surface area (Å²) in [5.41, 5.74) is 3.49. The van der Waals surface area contributed by atoms with E-state index in [9.17, 15) is 0 Å². The third kappa shape index (κ3) is 3.91. The van der Waals surface area contributed by atoms with E-state index in [1.165, 1.54) is 0 Å². The third-order valence-corrected chi connectivity index (χ3v) is 3.46. The number of aryl methyl sites for hydroxylation is 1. The fraction of sp³-hybridized carbons (Fsp3) is 0.250. The number of hydrogen-bond acceptors (Lipinski definition) is 5. The van der Waals surface area contributed by atoms with E-state index in [4.69, 9.17) is 16.3 Å². The Hall–Kier alpha value is -2.31. The standard InChI is InChI=1S/C16H16ClN5O/c1-11-7-14(8-22-9-15(10-23-2)20-21-22)19-16(18-11)12-3-5-13(17)6-4-12/h3-7,9H,8,10H2,1-2H3. The number of ether oxygens (including phenoxy) is 1. The van der Waals surface area contributed by atoms with Crippen LogP contribution in [0.1, 0.15) is 17.1 Å². The minimum atomic E-state index is 0.443. The van der Waals surface area contributed by atoms with Gasteiger partial charge in [0.05, 0.1) is 25.0 Å². The monoisotopic (exact) mass is 329 g/mol. The molecular weight excluding hydrogens is 314 g/mol. The molecule has 23 heavy (non-hydrogen) atoms. The highest BCUT2D eigenvalue weighted by Crippen LogP contribution is 2.19. The molecule has 2 aromatic heterocycles. The Labute approximate surface area is 139 Å². The molecule has 0 aliphatic carbocycles. The van der Waals surface area contributed by atoms with Crippen molar-refractivity contribution in [3.8, 4) is 11.4 Å². The number of hydrogen-bond donors (Lipinski definition) is 0. The Morgan fingerprint density at radius 2 is 1.91 bits per heavy atom.